The number of anilines is 1. The molecule has 0 amide bonds. The van der Waals surface area contributed by atoms with Crippen molar-refractivity contribution < 1.29 is 23.7 Å². The Balaban J connectivity index is 3.08. The summed E-state index contributed by atoms with van der Waals surface area (Å²) in [5, 5.41) is 27.2. The monoisotopic (exact) mass is 276 g/mol. The van der Waals surface area contributed by atoms with E-state index in [1.165, 1.54) is 24.3 Å². The first kappa shape index (κ1) is 14.9. The van der Waals surface area contributed by atoms with Gasteiger partial charge in [0.15, 0.2) is 0 Å². The summed E-state index contributed by atoms with van der Waals surface area (Å²) in [4.78, 5) is -0.109. The lowest BCUT2D eigenvalue weighted by Gasteiger charge is -2.28. The average molecular weight is 276 g/mol. The Morgan fingerprint density at radius 3 is 2.17 bits per heavy atom. The first-order valence-corrected chi connectivity index (χ1v) is 6.59. The molecule has 0 aliphatic carbocycles. The van der Waals surface area contributed by atoms with Crippen molar-refractivity contribution in [3.05, 3.63) is 24.3 Å². The molecule has 0 saturated heterocycles. The number of nitrogen functional groups attached to an aromatic ring is 1. The van der Waals surface area contributed by atoms with Crippen molar-refractivity contribution >= 4 is 15.7 Å². The number of sulfonamides is 1. The minimum Gasteiger partial charge on any atom is -0.399 e. The van der Waals surface area contributed by atoms with Crippen molar-refractivity contribution in [2.45, 2.75) is 10.4 Å². The fourth-order valence-corrected chi connectivity index (χ4v) is 2.70. The van der Waals surface area contributed by atoms with Gasteiger partial charge in [-0.2, -0.15) is 4.72 Å². The van der Waals surface area contributed by atoms with E-state index < -0.39 is 35.4 Å². The van der Waals surface area contributed by atoms with Gasteiger partial charge in [-0.3, -0.25) is 0 Å². The molecule has 1 aromatic rings. The van der Waals surface area contributed by atoms with E-state index in [0.717, 1.165) is 0 Å². The van der Waals surface area contributed by atoms with Crippen LogP contribution in [0.15, 0.2) is 29.2 Å². The summed E-state index contributed by atoms with van der Waals surface area (Å²) in [6, 6.07) is 5.54. The van der Waals surface area contributed by atoms with E-state index in [4.69, 9.17) is 21.1 Å². The van der Waals surface area contributed by atoms with E-state index in [0.29, 0.717) is 0 Å². The van der Waals surface area contributed by atoms with E-state index in [2.05, 4.69) is 4.72 Å². The highest BCUT2D eigenvalue weighted by atomic mass is 32.2. The summed E-state index contributed by atoms with van der Waals surface area (Å²) >= 11 is 0. The highest BCUT2D eigenvalue weighted by molar-refractivity contribution is 7.89. The number of aliphatic hydroxyl groups excluding tert-OH is 3. The smallest absolute Gasteiger partial charge is 0.241 e. The van der Waals surface area contributed by atoms with Crippen molar-refractivity contribution in [3.63, 3.8) is 0 Å². The Morgan fingerprint density at radius 2 is 1.72 bits per heavy atom. The molecule has 0 atom stereocenters. The molecule has 0 radical (unpaired) electrons. The summed E-state index contributed by atoms with van der Waals surface area (Å²) in [5.41, 5.74) is 4.04. The average Bonchev–Trinajstić information content (AvgIpc) is 2.36. The maximum atomic E-state index is 12.0. The zero-order valence-electron chi connectivity index (χ0n) is 9.57. The van der Waals surface area contributed by atoms with E-state index in [1.807, 2.05) is 0 Å². The Kier molecular flexibility index (Phi) is 4.65. The summed E-state index contributed by atoms with van der Waals surface area (Å²) in [6.45, 7) is -2.20. The molecule has 0 saturated carbocycles. The number of hydrogen-bond acceptors (Lipinski definition) is 6. The quantitative estimate of drug-likeness (QED) is 0.392. The zero-order valence-corrected chi connectivity index (χ0v) is 10.4. The SMILES string of the molecule is Nc1cccc(S(=O)(=O)NC(CO)(CO)CO)c1. The Bertz CT molecular complexity index is 490. The Morgan fingerprint density at radius 1 is 1.17 bits per heavy atom. The maximum Gasteiger partial charge on any atom is 0.241 e. The molecule has 0 unspecified atom stereocenters. The molecule has 102 valence electrons. The third-order valence-corrected chi connectivity index (χ3v) is 4.00. The molecule has 1 rings (SSSR count). The third kappa shape index (κ3) is 3.18. The molecule has 18 heavy (non-hydrogen) atoms. The molecule has 7 nitrogen and oxygen atoms in total. The van der Waals surface area contributed by atoms with E-state index >= 15 is 0 Å². The summed E-state index contributed by atoms with van der Waals surface area (Å²) < 4.78 is 26.0. The van der Waals surface area contributed by atoms with Gasteiger partial charge in [0.05, 0.1) is 24.7 Å². The second kappa shape index (κ2) is 5.63. The fraction of sp³-hybridized carbons (Fsp3) is 0.400. The van der Waals surface area contributed by atoms with E-state index in [9.17, 15) is 8.42 Å². The van der Waals surface area contributed by atoms with Crippen LogP contribution in [0.1, 0.15) is 0 Å². The second-order valence-electron chi connectivity index (χ2n) is 3.93. The van der Waals surface area contributed by atoms with Gasteiger partial charge in [0.1, 0.15) is 5.54 Å². The molecular weight excluding hydrogens is 260 g/mol. The van der Waals surface area contributed by atoms with Crippen LogP contribution < -0.4 is 10.5 Å². The lowest BCUT2D eigenvalue weighted by Crippen LogP contribution is -2.56. The van der Waals surface area contributed by atoms with Gasteiger partial charge < -0.3 is 21.1 Å². The Labute approximate surface area is 105 Å². The standard InChI is InChI=1S/C10H16N2O5S/c11-8-2-1-3-9(4-8)18(16,17)12-10(5-13,6-14)7-15/h1-4,12-15H,5-7,11H2. The number of nitrogens with two attached hydrogens (primary N) is 1. The van der Waals surface area contributed by atoms with Gasteiger partial charge in [0, 0.05) is 5.69 Å². The molecule has 0 spiro atoms. The molecule has 0 aromatic heterocycles. The van der Waals surface area contributed by atoms with Gasteiger partial charge in [-0.05, 0) is 18.2 Å². The number of rotatable bonds is 6. The van der Waals surface area contributed by atoms with Crippen molar-refractivity contribution in [1.29, 1.82) is 0 Å². The number of nitrogens with one attached hydrogen (secondary N) is 1. The summed E-state index contributed by atoms with van der Waals surface area (Å²) in [5.74, 6) is 0. The predicted molar refractivity (Wildman–Crippen MR) is 65.2 cm³/mol. The first-order chi connectivity index (χ1) is 8.39. The lowest BCUT2D eigenvalue weighted by atomic mass is 10.1. The normalized spacial score (nSPS) is 12.6. The van der Waals surface area contributed by atoms with Crippen molar-refractivity contribution in [2.75, 3.05) is 25.6 Å². The molecule has 8 heteroatoms. The van der Waals surface area contributed by atoms with Crippen molar-refractivity contribution in [3.8, 4) is 0 Å². The van der Waals surface area contributed by atoms with Gasteiger partial charge in [-0.25, -0.2) is 8.42 Å². The maximum absolute atomic E-state index is 12.0. The first-order valence-electron chi connectivity index (χ1n) is 5.11. The van der Waals surface area contributed by atoms with Crippen LogP contribution in [-0.2, 0) is 10.0 Å². The molecule has 0 heterocycles. The van der Waals surface area contributed by atoms with Gasteiger partial charge in [-0.1, -0.05) is 6.07 Å². The highest BCUT2D eigenvalue weighted by Gasteiger charge is 2.33. The van der Waals surface area contributed by atoms with Gasteiger partial charge in [0.25, 0.3) is 0 Å². The van der Waals surface area contributed by atoms with Crippen LogP contribution in [0.25, 0.3) is 0 Å². The molecular formula is C10H16N2O5S. The molecule has 1 aromatic carbocycles. The zero-order chi connectivity index (χ0) is 13.8. The third-order valence-electron chi connectivity index (χ3n) is 2.43. The van der Waals surface area contributed by atoms with Crippen LogP contribution in [0.3, 0.4) is 0 Å². The van der Waals surface area contributed by atoms with Crippen LogP contribution in [-0.4, -0.2) is 49.1 Å². The van der Waals surface area contributed by atoms with Crippen molar-refractivity contribution in [1.82, 2.24) is 4.72 Å². The van der Waals surface area contributed by atoms with Crippen LogP contribution in [0, 0.1) is 0 Å². The highest BCUT2D eigenvalue weighted by Crippen LogP contribution is 2.15. The number of hydrogen-bond donors (Lipinski definition) is 5. The summed E-state index contributed by atoms with van der Waals surface area (Å²) in [7, 11) is -3.99. The largest absolute Gasteiger partial charge is 0.399 e. The van der Waals surface area contributed by atoms with E-state index in [-0.39, 0.29) is 10.6 Å². The van der Waals surface area contributed by atoms with E-state index in [1.54, 1.807) is 0 Å². The number of benzene rings is 1. The Hall–Kier alpha value is -1.19. The predicted octanol–water partition coefficient (Wildman–Crippen LogP) is -1.74. The van der Waals surface area contributed by atoms with Crippen LogP contribution in [0.4, 0.5) is 5.69 Å². The number of aliphatic hydroxyl groups is 3. The molecule has 6 N–H and O–H groups in total. The summed E-state index contributed by atoms with van der Waals surface area (Å²) in [6.07, 6.45) is 0. The van der Waals surface area contributed by atoms with Gasteiger partial charge in [0.2, 0.25) is 10.0 Å². The topological polar surface area (TPSA) is 133 Å². The van der Waals surface area contributed by atoms with Gasteiger partial charge >= 0.3 is 0 Å². The molecule has 0 aliphatic heterocycles. The fourth-order valence-electron chi connectivity index (χ4n) is 1.27. The molecule has 0 bridgehead atoms. The van der Waals surface area contributed by atoms with Crippen LogP contribution in [0.2, 0.25) is 0 Å². The van der Waals surface area contributed by atoms with Crippen molar-refractivity contribution in [2.24, 2.45) is 0 Å². The minimum absolute atomic E-state index is 0.109. The molecule has 0 aliphatic rings. The van der Waals surface area contributed by atoms with Gasteiger partial charge in [-0.15, -0.1) is 0 Å². The minimum atomic E-state index is -3.99. The molecule has 0 fully saturated rings. The lowest BCUT2D eigenvalue weighted by molar-refractivity contribution is 0.0582. The van der Waals surface area contributed by atoms with Crippen LogP contribution >= 0.6 is 0 Å². The second-order valence-corrected chi connectivity index (χ2v) is 5.62. The van der Waals surface area contributed by atoms with Crippen LogP contribution in [0.5, 0.6) is 0 Å².